The molecule has 0 fully saturated rings. The first kappa shape index (κ1) is 2100. The van der Waals surface area contributed by atoms with Gasteiger partial charge in [0.2, 0.25) is 0 Å². The minimum atomic E-state index is 0. The second-order valence-electron chi connectivity index (χ2n) is 0. The van der Waals surface area contributed by atoms with Crippen molar-refractivity contribution in [2.75, 3.05) is 0 Å². The van der Waals surface area contributed by atoms with Crippen LogP contribution >= 0.6 is 0 Å². The SMILES string of the molecule is C.C.C.C.C.C.C.C.C.C.C.C.C.C.C.C.C.C.C.C.C.C.C.C.C.C.C.C.C.C.C.C.C.C.C.C.C.C.C.C.C.C.C.C.C.C.C.C.C.C.C.C.C.C.C.C.C.C.C.C.C.CC.CC.CC.CC.CC.CC.CC.CC.CC.CC.CC.CC.CC.CC.CC.CC.CC.CC.CC.CC.CC.CC.CC.CC.CC.CC. The molecule has 113 heavy (non-hydrogen) atoms. The Morgan fingerprint density at radius 3 is 0.0265 bits per heavy atom. The lowest BCUT2D eigenvalue weighted by atomic mass is 11.0. The lowest BCUT2D eigenvalue weighted by Gasteiger charge is -1.07. The van der Waals surface area contributed by atoms with E-state index >= 15 is 0 Å². The van der Waals surface area contributed by atoms with Crippen LogP contribution in [-0.2, 0) is 0 Å². The smallest absolute Gasteiger partial charge is 0.0683 e. The maximum absolute atomic E-state index is 2.00. The van der Waals surface area contributed by atoms with Gasteiger partial charge in [0.25, 0.3) is 0 Å². The number of hydrogen-bond donors (Lipinski definition) is 0. The highest BCUT2D eigenvalue weighted by atomic mass is 13.1. The van der Waals surface area contributed by atoms with Gasteiger partial charge in [-0.2, -0.15) is 0 Å². The Morgan fingerprint density at radius 1 is 0.0265 bits per heavy atom. The van der Waals surface area contributed by atoms with Gasteiger partial charge in [0.1, 0.15) is 0 Å². The van der Waals surface area contributed by atoms with Gasteiger partial charge in [0.05, 0.1) is 0 Å². The van der Waals surface area contributed by atoms with E-state index in [0.717, 1.165) is 0 Å². The Morgan fingerprint density at radius 2 is 0.0265 bits per heavy atom. The fourth-order valence-corrected chi connectivity index (χ4v) is 0. The molecule has 0 saturated carbocycles. The van der Waals surface area contributed by atoms with E-state index in [1.807, 2.05) is 360 Å². The van der Waals surface area contributed by atoms with Crippen LogP contribution in [0.5, 0.6) is 0 Å². The van der Waals surface area contributed by atoms with Crippen molar-refractivity contribution < 1.29 is 0 Å². The van der Waals surface area contributed by atoms with E-state index in [4.69, 9.17) is 0 Å². The van der Waals surface area contributed by atoms with Crippen LogP contribution in [-0.4, -0.2) is 0 Å². The number of hydrogen-bond acceptors (Lipinski definition) is 0. The van der Waals surface area contributed by atoms with E-state index in [9.17, 15) is 0 Å². The number of rotatable bonds is 0. The molecule has 0 atom stereocenters. The van der Waals surface area contributed by atoms with Gasteiger partial charge in [-0.1, -0.05) is 813 Å². The summed E-state index contributed by atoms with van der Waals surface area (Å²) in [5.74, 6) is 0. The van der Waals surface area contributed by atoms with Crippen LogP contribution in [0.3, 0.4) is 0 Å². The lowest BCUT2D eigenvalue weighted by Crippen LogP contribution is -0.856. The van der Waals surface area contributed by atoms with Crippen molar-refractivity contribution in [2.45, 2.75) is 813 Å². The molecule has 0 heteroatoms. The molecule has 0 heterocycles. The van der Waals surface area contributed by atoms with Crippen LogP contribution in [0.1, 0.15) is 813 Å². The van der Waals surface area contributed by atoms with Crippen molar-refractivity contribution >= 4 is 0 Å². The summed E-state index contributed by atoms with van der Waals surface area (Å²) < 4.78 is 0. The fraction of sp³-hybridized carbons (Fsp3) is 1.00. The summed E-state index contributed by atoms with van der Waals surface area (Å²) in [5.41, 5.74) is 0. The van der Waals surface area contributed by atoms with Gasteiger partial charge in [0, 0.05) is 0 Å². The molecule has 0 aromatic rings. The zero-order valence-corrected chi connectivity index (χ0v) is 52.0. The van der Waals surface area contributed by atoms with Crippen molar-refractivity contribution in [3.05, 3.63) is 0 Å². The van der Waals surface area contributed by atoms with Gasteiger partial charge in [-0.05, 0) is 0 Å². The summed E-state index contributed by atoms with van der Waals surface area (Å²) in [6.07, 6.45) is 0. The molecule has 0 radical (unpaired) electrons. The van der Waals surface area contributed by atoms with Gasteiger partial charge in [-0.3, -0.25) is 0 Å². The maximum Gasteiger partial charge on any atom is -0.0683 e. The van der Waals surface area contributed by atoms with E-state index in [0.29, 0.717) is 0 Å². The van der Waals surface area contributed by atoms with Crippen molar-refractivity contribution in [3.63, 3.8) is 0 Å². The molecular weight excluding hydrogens is 1360 g/mol. The Balaban J connectivity index is -0.000000000716. The molecule has 0 N–H and O–H groups in total. The molecule has 0 amide bonds. The Kier molecular flexibility index (Phi) is 0. The van der Waals surface area contributed by atoms with Crippen molar-refractivity contribution in [1.82, 2.24) is 0 Å². The minimum absolute atomic E-state index is 0. The second kappa shape index (κ2) is 0. The van der Waals surface area contributed by atoms with Gasteiger partial charge in [-0.15, -0.1) is 0 Å². The topological polar surface area (TPSA) is 0 Å². The highest BCUT2D eigenvalue weighted by molar-refractivity contribution is 3.56. The molecule has 0 spiro atoms. The van der Waals surface area contributed by atoms with Crippen LogP contribution < -0.4 is 0 Å². The third-order valence-corrected chi connectivity index (χ3v) is 0. The third kappa shape index (κ3) is 0. The molecule has 0 aromatic carbocycles. The van der Waals surface area contributed by atoms with Crippen molar-refractivity contribution in [3.8, 4) is 0 Å². The van der Waals surface area contributed by atoms with Crippen LogP contribution in [0.2, 0.25) is 0 Å². The average molecular weight is 1760 g/mol. The van der Waals surface area contributed by atoms with Gasteiger partial charge in [-0.25, -0.2) is 0 Å². The quantitative estimate of drug-likeness (QED) is 0.227. The summed E-state index contributed by atoms with van der Waals surface area (Å²) >= 11 is 0. The van der Waals surface area contributed by atoms with E-state index in [1.165, 1.54) is 0 Å². The van der Waals surface area contributed by atoms with E-state index in [-0.39, 0.29) is 453 Å². The highest BCUT2D eigenvalue weighted by Crippen LogP contribution is 1.20. The highest BCUT2D eigenvalue weighted by Gasteiger charge is 0.985. The average Bonchev–Trinajstić information content (AvgIpc) is 3.40. The normalized spacial score (nSPS) is 1.38. The summed E-state index contributed by atoms with van der Waals surface area (Å²) in [6.45, 7) is 104. The van der Waals surface area contributed by atoms with Gasteiger partial charge in [0.15, 0.2) is 0 Å². The Hall–Kier alpha value is 0. The Labute approximate surface area is 808 Å². The summed E-state index contributed by atoms with van der Waals surface area (Å²) in [5, 5.41) is 0. The van der Waals surface area contributed by atoms with E-state index < -0.39 is 0 Å². The first-order chi connectivity index (χ1) is 26.0. The third-order valence-electron chi connectivity index (χ3n) is 0. The predicted molar refractivity (Wildman–Crippen MR) is 706 cm³/mol. The summed E-state index contributed by atoms with van der Waals surface area (Å²) in [4.78, 5) is 0. The zero-order chi connectivity index (χ0) is 52.0. The molecule has 0 nitrogen and oxygen atoms in total. The van der Waals surface area contributed by atoms with E-state index in [1.54, 1.807) is 0 Å². The molecule has 0 rings (SSSR count). The first-order valence-electron chi connectivity index (χ1n) is 26.0. The maximum atomic E-state index is 2.00. The predicted octanol–water partition coefficient (Wildman–Crippen LogP) is 65.5. The van der Waals surface area contributed by atoms with Crippen molar-refractivity contribution in [1.29, 1.82) is 0 Å². The van der Waals surface area contributed by atoms with Crippen LogP contribution in [0, 0.1) is 0 Å². The van der Waals surface area contributed by atoms with Crippen LogP contribution in [0.25, 0.3) is 0 Å². The molecule has 0 bridgehead atoms. The summed E-state index contributed by atoms with van der Waals surface area (Å²) in [6, 6.07) is 0. The molecule has 0 aliphatic rings. The zero-order valence-electron chi connectivity index (χ0n) is 52.0. The first-order valence-corrected chi connectivity index (χ1v) is 26.0. The second-order valence-corrected chi connectivity index (χ2v) is 0. The van der Waals surface area contributed by atoms with Gasteiger partial charge < -0.3 is 0 Å². The molecule has 0 unspecified atom stereocenters. The van der Waals surface area contributed by atoms with Gasteiger partial charge >= 0.3 is 0 Å². The summed E-state index contributed by atoms with van der Waals surface area (Å²) in [7, 11) is 0. The van der Waals surface area contributed by atoms with E-state index in [2.05, 4.69) is 0 Å². The molecule has 0 aliphatic heterocycles. The molecule has 0 saturated heterocycles. The molecule has 852 valence electrons. The molecule has 0 aromatic heterocycles. The lowest BCUT2D eigenvalue weighted by molar-refractivity contribution is 1.50. The Bertz CT molecular complexity index is 0. The largest absolute Gasteiger partial charge is 0.0776 e. The van der Waals surface area contributed by atoms with Crippen molar-refractivity contribution in [2.24, 2.45) is 0 Å². The standard InChI is InChI=1S/26C2H6.61CH4/c26*1-2;;;;;;;;;;;;;;;;;;;;;;;;;;;;;;;;;;;;;;;;;;;;;;;;;;;;;;;;;;;;;/h26*1-2H3;61*1H4. The van der Waals surface area contributed by atoms with Crippen LogP contribution in [0.4, 0.5) is 0 Å². The molecular formula is C113H400. The fourth-order valence-electron chi connectivity index (χ4n) is 0. The van der Waals surface area contributed by atoms with Crippen LogP contribution in [0.15, 0.2) is 0 Å². The molecule has 0 aliphatic carbocycles. The monoisotopic (exact) mass is 1760 g/mol. The minimum Gasteiger partial charge on any atom is -0.0776 e.